The molecule has 0 amide bonds. The molecule has 0 radical (unpaired) electrons. The molecule has 6 nitrogen and oxygen atoms in total. The molecule has 1 aliphatic heterocycles. The van der Waals surface area contributed by atoms with E-state index in [-0.39, 0.29) is 0 Å². The molecule has 0 aliphatic carbocycles. The predicted octanol–water partition coefficient (Wildman–Crippen LogP) is 0.796. The van der Waals surface area contributed by atoms with Crippen LogP contribution in [0.4, 0.5) is 5.82 Å². The first-order valence-electron chi connectivity index (χ1n) is 6.33. The van der Waals surface area contributed by atoms with Crippen molar-refractivity contribution in [2.75, 3.05) is 32.0 Å². The number of fused-ring (bicyclic) bond motifs is 1. The van der Waals surface area contributed by atoms with Crippen LogP contribution in [-0.2, 0) is 0 Å². The fourth-order valence-electron chi connectivity index (χ4n) is 2.50. The maximum absolute atomic E-state index is 4.35. The fraction of sp³-hybridized carbons (Fsp3) is 0.583. The number of likely N-dealkylation sites (tertiary alicyclic amines) is 1. The number of aryl methyl sites for hydroxylation is 1. The molecule has 18 heavy (non-hydrogen) atoms. The van der Waals surface area contributed by atoms with Crippen LogP contribution in [0, 0.1) is 12.8 Å². The van der Waals surface area contributed by atoms with Crippen molar-refractivity contribution in [1.29, 1.82) is 0 Å². The molecule has 0 spiro atoms. The SMILES string of the molecule is Cc1nnc2c(NCC3CCN(C)C3)nccn12. The van der Waals surface area contributed by atoms with Gasteiger partial charge in [0.25, 0.3) is 0 Å². The van der Waals surface area contributed by atoms with Crippen molar-refractivity contribution >= 4 is 11.5 Å². The summed E-state index contributed by atoms with van der Waals surface area (Å²) in [6, 6.07) is 0. The molecule has 1 atom stereocenters. The van der Waals surface area contributed by atoms with Gasteiger partial charge < -0.3 is 10.2 Å². The normalized spacial score (nSPS) is 20.7. The Morgan fingerprint density at radius 2 is 2.33 bits per heavy atom. The summed E-state index contributed by atoms with van der Waals surface area (Å²) < 4.78 is 1.95. The molecule has 0 saturated carbocycles. The van der Waals surface area contributed by atoms with Gasteiger partial charge in [-0.3, -0.25) is 4.40 Å². The van der Waals surface area contributed by atoms with Crippen molar-refractivity contribution in [2.45, 2.75) is 13.3 Å². The van der Waals surface area contributed by atoms with Crippen LogP contribution in [-0.4, -0.2) is 51.2 Å². The van der Waals surface area contributed by atoms with E-state index in [0.717, 1.165) is 30.4 Å². The second-order valence-electron chi connectivity index (χ2n) is 5.01. The Kier molecular flexibility index (Phi) is 2.87. The minimum atomic E-state index is 0.695. The lowest BCUT2D eigenvalue weighted by Gasteiger charge is -2.12. The van der Waals surface area contributed by atoms with Crippen molar-refractivity contribution in [1.82, 2.24) is 24.5 Å². The summed E-state index contributed by atoms with van der Waals surface area (Å²) in [7, 11) is 2.17. The highest BCUT2D eigenvalue weighted by Crippen LogP contribution is 2.17. The zero-order valence-corrected chi connectivity index (χ0v) is 10.8. The van der Waals surface area contributed by atoms with Gasteiger partial charge in [-0.25, -0.2) is 4.98 Å². The highest BCUT2D eigenvalue weighted by atomic mass is 15.3. The summed E-state index contributed by atoms with van der Waals surface area (Å²) in [5.74, 6) is 2.41. The van der Waals surface area contributed by atoms with Gasteiger partial charge in [-0.2, -0.15) is 0 Å². The molecule has 0 bridgehead atoms. The van der Waals surface area contributed by atoms with Crippen LogP contribution in [0.15, 0.2) is 12.4 Å². The molecule has 96 valence electrons. The summed E-state index contributed by atoms with van der Waals surface area (Å²) in [5.41, 5.74) is 0.807. The largest absolute Gasteiger partial charge is 0.367 e. The summed E-state index contributed by atoms with van der Waals surface area (Å²) in [4.78, 5) is 6.71. The summed E-state index contributed by atoms with van der Waals surface area (Å²) in [6.07, 6.45) is 4.92. The molecule has 3 rings (SSSR count). The molecule has 1 fully saturated rings. The summed E-state index contributed by atoms with van der Waals surface area (Å²) >= 11 is 0. The topological polar surface area (TPSA) is 58.4 Å². The highest BCUT2D eigenvalue weighted by molar-refractivity contribution is 5.61. The highest BCUT2D eigenvalue weighted by Gasteiger charge is 2.19. The second-order valence-corrected chi connectivity index (χ2v) is 5.01. The summed E-state index contributed by atoms with van der Waals surface area (Å²) in [6.45, 7) is 5.23. The molecule has 2 aromatic heterocycles. The molecule has 1 aliphatic rings. The van der Waals surface area contributed by atoms with Crippen molar-refractivity contribution in [3.8, 4) is 0 Å². The monoisotopic (exact) mass is 246 g/mol. The zero-order valence-electron chi connectivity index (χ0n) is 10.8. The standard InChI is InChI=1S/C12H18N6/c1-9-15-16-12-11(13-4-6-18(9)12)14-7-10-3-5-17(2)8-10/h4,6,10H,3,5,7-8H2,1-2H3,(H,13,14). The number of aromatic nitrogens is 4. The quantitative estimate of drug-likeness (QED) is 0.868. The Balaban J connectivity index is 1.74. The maximum Gasteiger partial charge on any atom is 0.203 e. The number of hydrogen-bond donors (Lipinski definition) is 1. The van der Waals surface area contributed by atoms with Gasteiger partial charge in [0, 0.05) is 25.5 Å². The van der Waals surface area contributed by atoms with Crippen LogP contribution in [0.3, 0.4) is 0 Å². The first-order valence-corrected chi connectivity index (χ1v) is 6.33. The van der Waals surface area contributed by atoms with E-state index in [1.54, 1.807) is 6.20 Å². The average molecular weight is 246 g/mol. The van der Waals surface area contributed by atoms with E-state index < -0.39 is 0 Å². The first kappa shape index (κ1) is 11.4. The van der Waals surface area contributed by atoms with Gasteiger partial charge in [0.1, 0.15) is 5.82 Å². The van der Waals surface area contributed by atoms with Crippen LogP contribution in [0.2, 0.25) is 0 Å². The van der Waals surface area contributed by atoms with E-state index in [2.05, 4.69) is 32.4 Å². The van der Waals surface area contributed by atoms with Crippen LogP contribution >= 0.6 is 0 Å². The minimum Gasteiger partial charge on any atom is -0.367 e. The number of nitrogens with zero attached hydrogens (tertiary/aromatic N) is 5. The van der Waals surface area contributed by atoms with Crippen molar-refractivity contribution in [3.63, 3.8) is 0 Å². The van der Waals surface area contributed by atoms with Gasteiger partial charge in [-0.15, -0.1) is 10.2 Å². The molecule has 6 heteroatoms. The second kappa shape index (κ2) is 4.53. The van der Waals surface area contributed by atoms with Crippen molar-refractivity contribution in [3.05, 3.63) is 18.2 Å². The van der Waals surface area contributed by atoms with E-state index in [1.165, 1.54) is 13.0 Å². The number of anilines is 1. The van der Waals surface area contributed by atoms with Gasteiger partial charge in [0.15, 0.2) is 5.82 Å². The summed E-state index contributed by atoms with van der Waals surface area (Å²) in [5, 5.41) is 11.6. The Labute approximate surface area is 106 Å². The molecule has 2 aromatic rings. The lowest BCUT2D eigenvalue weighted by molar-refractivity contribution is 0.399. The van der Waals surface area contributed by atoms with E-state index in [9.17, 15) is 0 Å². The Morgan fingerprint density at radius 3 is 3.11 bits per heavy atom. The molecule has 3 heterocycles. The van der Waals surface area contributed by atoms with Gasteiger partial charge in [-0.1, -0.05) is 0 Å². The Bertz CT molecular complexity index is 548. The van der Waals surface area contributed by atoms with Gasteiger partial charge in [0.2, 0.25) is 5.65 Å². The van der Waals surface area contributed by atoms with Gasteiger partial charge >= 0.3 is 0 Å². The molecule has 1 saturated heterocycles. The molecule has 1 unspecified atom stereocenters. The number of nitrogens with one attached hydrogen (secondary N) is 1. The Morgan fingerprint density at radius 1 is 1.44 bits per heavy atom. The molecular weight excluding hydrogens is 228 g/mol. The number of hydrogen-bond acceptors (Lipinski definition) is 5. The number of rotatable bonds is 3. The maximum atomic E-state index is 4.35. The van der Waals surface area contributed by atoms with Crippen LogP contribution < -0.4 is 5.32 Å². The first-order chi connectivity index (χ1) is 8.74. The van der Waals surface area contributed by atoms with Crippen molar-refractivity contribution < 1.29 is 0 Å². The molecule has 0 aromatic carbocycles. The third-order valence-corrected chi connectivity index (χ3v) is 3.54. The van der Waals surface area contributed by atoms with Crippen LogP contribution in [0.1, 0.15) is 12.2 Å². The van der Waals surface area contributed by atoms with Crippen LogP contribution in [0.25, 0.3) is 5.65 Å². The van der Waals surface area contributed by atoms with E-state index in [0.29, 0.717) is 5.92 Å². The zero-order chi connectivity index (χ0) is 12.5. The van der Waals surface area contributed by atoms with Crippen molar-refractivity contribution in [2.24, 2.45) is 5.92 Å². The van der Waals surface area contributed by atoms with Crippen LogP contribution in [0.5, 0.6) is 0 Å². The third kappa shape index (κ3) is 2.03. The smallest absolute Gasteiger partial charge is 0.203 e. The Hall–Kier alpha value is -1.69. The van der Waals surface area contributed by atoms with Gasteiger partial charge in [-0.05, 0) is 32.9 Å². The van der Waals surface area contributed by atoms with Gasteiger partial charge in [0.05, 0.1) is 0 Å². The third-order valence-electron chi connectivity index (χ3n) is 3.54. The van der Waals surface area contributed by atoms with E-state index in [4.69, 9.17) is 0 Å². The lowest BCUT2D eigenvalue weighted by Crippen LogP contribution is -2.19. The lowest BCUT2D eigenvalue weighted by atomic mass is 10.1. The predicted molar refractivity (Wildman–Crippen MR) is 69.6 cm³/mol. The van der Waals surface area contributed by atoms with E-state index in [1.807, 2.05) is 17.5 Å². The minimum absolute atomic E-state index is 0.695. The van der Waals surface area contributed by atoms with E-state index >= 15 is 0 Å². The molecule has 1 N–H and O–H groups in total. The molecular formula is C12H18N6. The average Bonchev–Trinajstić information content (AvgIpc) is 2.94. The fourth-order valence-corrected chi connectivity index (χ4v) is 2.50.